The van der Waals surface area contributed by atoms with Crippen LogP contribution in [0, 0.1) is 0 Å². The second-order valence-corrected chi connectivity index (χ2v) is 5.28. The van der Waals surface area contributed by atoms with Crippen molar-refractivity contribution in [2.24, 2.45) is 5.73 Å². The predicted octanol–water partition coefficient (Wildman–Crippen LogP) is 2.22. The van der Waals surface area contributed by atoms with Crippen molar-refractivity contribution in [3.63, 3.8) is 0 Å². The van der Waals surface area contributed by atoms with Crippen molar-refractivity contribution in [1.29, 1.82) is 0 Å². The molecule has 0 spiro atoms. The maximum Gasteiger partial charge on any atom is 0.213 e. The van der Waals surface area contributed by atoms with Crippen molar-refractivity contribution in [3.05, 3.63) is 23.4 Å². The highest BCUT2D eigenvalue weighted by Gasteiger charge is 2.21. The van der Waals surface area contributed by atoms with Gasteiger partial charge in [-0.25, -0.2) is 4.98 Å². The molecule has 0 aromatic carbocycles. The van der Waals surface area contributed by atoms with Crippen LogP contribution < -0.4 is 10.5 Å². The van der Waals surface area contributed by atoms with E-state index in [4.69, 9.17) is 10.5 Å². The van der Waals surface area contributed by atoms with Gasteiger partial charge in [0.2, 0.25) is 5.88 Å². The van der Waals surface area contributed by atoms with Crippen LogP contribution in [0.5, 0.6) is 5.88 Å². The Morgan fingerprint density at radius 2 is 2.12 bits per heavy atom. The van der Waals surface area contributed by atoms with Gasteiger partial charge in [0.15, 0.2) is 0 Å². The van der Waals surface area contributed by atoms with E-state index in [1.54, 1.807) is 0 Å². The molecule has 2 aliphatic carbocycles. The molecule has 0 radical (unpaired) electrons. The summed E-state index contributed by atoms with van der Waals surface area (Å²) in [4.78, 5) is 4.61. The first-order chi connectivity index (χ1) is 8.31. The van der Waals surface area contributed by atoms with Crippen molar-refractivity contribution in [1.82, 2.24) is 4.98 Å². The zero-order valence-corrected chi connectivity index (χ0v) is 10.2. The number of hydrogen-bond acceptors (Lipinski definition) is 3. The second-order valence-electron chi connectivity index (χ2n) is 5.28. The smallest absolute Gasteiger partial charge is 0.213 e. The summed E-state index contributed by atoms with van der Waals surface area (Å²) in [5.74, 6) is 0.796. The van der Waals surface area contributed by atoms with E-state index in [-0.39, 0.29) is 6.10 Å². The molecule has 0 bridgehead atoms. The highest BCUT2D eigenvalue weighted by molar-refractivity contribution is 5.29. The monoisotopic (exact) mass is 232 g/mol. The van der Waals surface area contributed by atoms with Crippen LogP contribution in [-0.4, -0.2) is 17.1 Å². The van der Waals surface area contributed by atoms with Crippen molar-refractivity contribution in [3.8, 4) is 5.88 Å². The molecule has 1 aromatic heterocycles. The molecular weight excluding hydrogens is 212 g/mol. The molecule has 92 valence electrons. The lowest BCUT2D eigenvalue weighted by Gasteiger charge is -2.26. The number of ether oxygens (including phenoxy) is 1. The molecule has 17 heavy (non-hydrogen) atoms. The summed E-state index contributed by atoms with van der Waals surface area (Å²) < 4.78 is 5.96. The zero-order valence-electron chi connectivity index (χ0n) is 10.2. The van der Waals surface area contributed by atoms with Gasteiger partial charge in [0.25, 0.3) is 0 Å². The van der Waals surface area contributed by atoms with Gasteiger partial charge in [0.1, 0.15) is 6.10 Å². The number of fused-ring (bicyclic) bond motifs is 1. The number of pyridine rings is 1. The third kappa shape index (κ3) is 2.44. The number of hydrogen-bond donors (Lipinski definition) is 1. The number of aryl methyl sites for hydroxylation is 2. The van der Waals surface area contributed by atoms with Gasteiger partial charge in [0.05, 0.1) is 0 Å². The Morgan fingerprint density at radius 3 is 3.00 bits per heavy atom. The summed E-state index contributed by atoms with van der Waals surface area (Å²) in [6.45, 7) is 0. The Kier molecular flexibility index (Phi) is 3.02. The first kappa shape index (κ1) is 11.0. The Morgan fingerprint density at radius 1 is 1.18 bits per heavy atom. The van der Waals surface area contributed by atoms with Crippen LogP contribution in [0.15, 0.2) is 12.1 Å². The van der Waals surface area contributed by atoms with Gasteiger partial charge >= 0.3 is 0 Å². The predicted molar refractivity (Wildman–Crippen MR) is 67.1 cm³/mol. The third-order valence-electron chi connectivity index (χ3n) is 3.86. The minimum atomic E-state index is 0.269. The van der Waals surface area contributed by atoms with Crippen LogP contribution in [0.1, 0.15) is 43.4 Å². The van der Waals surface area contributed by atoms with Crippen LogP contribution in [0.2, 0.25) is 0 Å². The van der Waals surface area contributed by atoms with E-state index >= 15 is 0 Å². The molecule has 2 atom stereocenters. The lowest BCUT2D eigenvalue weighted by Crippen LogP contribution is -2.33. The average molecular weight is 232 g/mol. The number of rotatable bonds is 2. The first-order valence-electron chi connectivity index (χ1n) is 6.72. The van der Waals surface area contributed by atoms with Gasteiger partial charge in [-0.2, -0.15) is 0 Å². The van der Waals surface area contributed by atoms with Crippen molar-refractivity contribution in [2.45, 2.75) is 57.1 Å². The van der Waals surface area contributed by atoms with Gasteiger partial charge in [-0.1, -0.05) is 6.07 Å². The maximum absolute atomic E-state index is 5.97. The lowest BCUT2D eigenvalue weighted by molar-refractivity contribution is 0.138. The van der Waals surface area contributed by atoms with Gasteiger partial charge in [-0.3, -0.25) is 0 Å². The van der Waals surface area contributed by atoms with Crippen molar-refractivity contribution in [2.75, 3.05) is 0 Å². The minimum absolute atomic E-state index is 0.269. The summed E-state index contributed by atoms with van der Waals surface area (Å²) in [6.07, 6.45) is 8.19. The summed E-state index contributed by atoms with van der Waals surface area (Å²) in [7, 11) is 0. The highest BCUT2D eigenvalue weighted by atomic mass is 16.5. The second kappa shape index (κ2) is 4.65. The molecule has 2 N–H and O–H groups in total. The van der Waals surface area contributed by atoms with Crippen LogP contribution >= 0.6 is 0 Å². The largest absolute Gasteiger partial charge is 0.474 e. The van der Waals surface area contributed by atoms with E-state index in [1.165, 1.54) is 30.5 Å². The van der Waals surface area contributed by atoms with Crippen LogP contribution in [0.25, 0.3) is 0 Å². The topological polar surface area (TPSA) is 48.1 Å². The van der Waals surface area contributed by atoms with Gasteiger partial charge in [-0.05, 0) is 50.5 Å². The molecule has 0 saturated heterocycles. The molecule has 3 heteroatoms. The van der Waals surface area contributed by atoms with Crippen LogP contribution in [-0.2, 0) is 12.8 Å². The normalized spacial score (nSPS) is 27.8. The van der Waals surface area contributed by atoms with Crippen molar-refractivity contribution >= 4 is 0 Å². The quantitative estimate of drug-likeness (QED) is 0.850. The molecule has 2 aliphatic rings. The fourth-order valence-corrected chi connectivity index (χ4v) is 2.93. The van der Waals surface area contributed by atoms with E-state index in [2.05, 4.69) is 11.1 Å². The SMILES string of the molecule is NC1CCCC(Oc2ccc3c(n2)CCC3)C1. The average Bonchev–Trinajstić information content (AvgIpc) is 2.76. The Bertz CT molecular complexity index is 405. The Labute approximate surface area is 102 Å². The van der Waals surface area contributed by atoms with Crippen molar-refractivity contribution < 1.29 is 4.74 Å². The third-order valence-corrected chi connectivity index (χ3v) is 3.86. The highest BCUT2D eigenvalue weighted by Crippen LogP contribution is 2.25. The fraction of sp³-hybridized carbons (Fsp3) is 0.643. The molecule has 1 aromatic rings. The molecule has 0 amide bonds. The van der Waals surface area contributed by atoms with Crippen LogP contribution in [0.4, 0.5) is 0 Å². The van der Waals surface area contributed by atoms with E-state index in [0.717, 1.165) is 31.6 Å². The summed E-state index contributed by atoms with van der Waals surface area (Å²) in [5.41, 5.74) is 8.61. The molecule has 0 aliphatic heterocycles. The number of aromatic nitrogens is 1. The van der Waals surface area contributed by atoms with Crippen LogP contribution in [0.3, 0.4) is 0 Å². The van der Waals surface area contributed by atoms with E-state index in [9.17, 15) is 0 Å². The molecule has 1 fully saturated rings. The molecule has 2 unspecified atom stereocenters. The first-order valence-corrected chi connectivity index (χ1v) is 6.72. The van der Waals surface area contributed by atoms with E-state index in [1.807, 2.05) is 6.07 Å². The van der Waals surface area contributed by atoms with E-state index in [0.29, 0.717) is 6.04 Å². The molecular formula is C14H20N2O. The van der Waals surface area contributed by atoms with E-state index < -0.39 is 0 Å². The molecule has 3 rings (SSSR count). The number of nitrogens with zero attached hydrogens (tertiary/aromatic N) is 1. The lowest BCUT2D eigenvalue weighted by atomic mass is 9.94. The summed E-state index contributed by atoms with van der Waals surface area (Å²) in [5, 5.41) is 0. The van der Waals surface area contributed by atoms with Gasteiger partial charge in [0, 0.05) is 17.8 Å². The zero-order chi connectivity index (χ0) is 11.7. The maximum atomic E-state index is 5.97. The Hall–Kier alpha value is -1.09. The summed E-state index contributed by atoms with van der Waals surface area (Å²) >= 11 is 0. The Balaban J connectivity index is 1.68. The fourth-order valence-electron chi connectivity index (χ4n) is 2.93. The summed E-state index contributed by atoms with van der Waals surface area (Å²) in [6, 6.07) is 4.50. The molecule has 1 heterocycles. The van der Waals surface area contributed by atoms with Gasteiger partial charge < -0.3 is 10.5 Å². The number of nitrogens with two attached hydrogens (primary N) is 1. The standard InChI is InChI=1S/C14H20N2O/c15-11-4-2-5-12(9-11)17-14-8-7-10-3-1-6-13(10)16-14/h7-8,11-12H,1-6,9,15H2. The minimum Gasteiger partial charge on any atom is -0.474 e. The molecule has 1 saturated carbocycles. The molecule has 3 nitrogen and oxygen atoms in total. The van der Waals surface area contributed by atoms with Gasteiger partial charge in [-0.15, -0.1) is 0 Å².